The topological polar surface area (TPSA) is 127 Å². The fourth-order valence-corrected chi connectivity index (χ4v) is 3.92. The Labute approximate surface area is 200 Å². The van der Waals surface area contributed by atoms with Crippen LogP contribution >= 0.6 is 0 Å². The number of methoxy groups -OCH3 is 2. The molecule has 192 valence electrons. The van der Waals surface area contributed by atoms with Crippen molar-refractivity contribution in [1.29, 1.82) is 0 Å². The number of hydrogen-bond acceptors (Lipinski definition) is 10. The number of allylic oxidation sites excluding steroid dienone is 1. The molecule has 5 atom stereocenters. The zero-order chi connectivity index (χ0) is 25.6. The molecule has 0 saturated heterocycles. The fourth-order valence-electron chi connectivity index (χ4n) is 3.92. The first-order valence-electron chi connectivity index (χ1n) is 11.3. The van der Waals surface area contributed by atoms with Crippen molar-refractivity contribution in [3.8, 4) is 0 Å². The van der Waals surface area contributed by atoms with Gasteiger partial charge in [-0.1, -0.05) is 33.8 Å². The van der Waals surface area contributed by atoms with Gasteiger partial charge in [-0.15, -0.1) is 0 Å². The smallest absolute Gasteiger partial charge is 0.347 e. The van der Waals surface area contributed by atoms with Gasteiger partial charge in [-0.2, -0.15) is 0 Å². The number of aliphatic hydroxyl groups is 1. The summed E-state index contributed by atoms with van der Waals surface area (Å²) >= 11 is 0. The van der Waals surface area contributed by atoms with Crippen LogP contribution in [0.5, 0.6) is 0 Å². The van der Waals surface area contributed by atoms with Gasteiger partial charge in [-0.05, 0) is 17.6 Å². The van der Waals surface area contributed by atoms with E-state index in [0.717, 1.165) is 0 Å². The molecule has 1 N–H and O–H groups in total. The number of carbonyl (C=O) groups excluding carboxylic acids is 3. The third-order valence-electron chi connectivity index (χ3n) is 5.60. The molecule has 10 heteroatoms. The van der Waals surface area contributed by atoms with E-state index in [-0.39, 0.29) is 24.9 Å². The molecule has 0 bridgehead atoms. The van der Waals surface area contributed by atoms with E-state index >= 15 is 0 Å². The van der Waals surface area contributed by atoms with Crippen LogP contribution in [0.4, 0.5) is 0 Å². The summed E-state index contributed by atoms with van der Waals surface area (Å²) in [7, 11) is 2.85. The maximum absolute atomic E-state index is 12.8. The Morgan fingerprint density at radius 1 is 1.12 bits per heavy atom. The summed E-state index contributed by atoms with van der Waals surface area (Å²) in [4.78, 5) is 36.2. The number of carbonyl (C=O) groups is 3. The first kappa shape index (κ1) is 28.0. The predicted molar refractivity (Wildman–Crippen MR) is 119 cm³/mol. The van der Waals surface area contributed by atoms with Crippen molar-refractivity contribution in [3.05, 3.63) is 23.3 Å². The molecule has 0 aromatic heterocycles. The molecule has 0 radical (unpaired) electrons. The van der Waals surface area contributed by atoms with E-state index in [9.17, 15) is 19.5 Å². The molecule has 0 spiro atoms. The van der Waals surface area contributed by atoms with E-state index in [2.05, 4.69) is 0 Å². The highest BCUT2D eigenvalue weighted by Crippen LogP contribution is 2.44. The largest absolute Gasteiger partial charge is 0.461 e. The predicted octanol–water partition coefficient (Wildman–Crippen LogP) is 1.90. The third kappa shape index (κ3) is 6.65. The second-order valence-corrected chi connectivity index (χ2v) is 9.23. The lowest BCUT2D eigenvalue weighted by Crippen LogP contribution is -2.51. The highest BCUT2D eigenvalue weighted by Gasteiger charge is 2.52. The summed E-state index contributed by atoms with van der Waals surface area (Å²) in [6, 6.07) is 0. The van der Waals surface area contributed by atoms with E-state index in [1.165, 1.54) is 27.2 Å². The first-order chi connectivity index (χ1) is 15.9. The van der Waals surface area contributed by atoms with Crippen LogP contribution in [0.15, 0.2) is 23.3 Å². The van der Waals surface area contributed by atoms with E-state index in [4.69, 9.17) is 28.4 Å². The van der Waals surface area contributed by atoms with Gasteiger partial charge >= 0.3 is 17.9 Å². The summed E-state index contributed by atoms with van der Waals surface area (Å²) in [6.45, 7) is 7.98. The van der Waals surface area contributed by atoms with Crippen molar-refractivity contribution < 1.29 is 47.9 Å². The van der Waals surface area contributed by atoms with Gasteiger partial charge in [0.05, 0.1) is 5.92 Å². The quantitative estimate of drug-likeness (QED) is 0.343. The lowest BCUT2D eigenvalue weighted by molar-refractivity contribution is -0.258. The second-order valence-electron chi connectivity index (χ2n) is 9.23. The highest BCUT2D eigenvalue weighted by atomic mass is 16.8. The Morgan fingerprint density at radius 3 is 2.32 bits per heavy atom. The van der Waals surface area contributed by atoms with E-state index < -0.39 is 54.7 Å². The van der Waals surface area contributed by atoms with Gasteiger partial charge in [0.1, 0.15) is 18.8 Å². The molecule has 0 aromatic rings. The summed E-state index contributed by atoms with van der Waals surface area (Å²) in [5.41, 5.74) is -0.555. The molecule has 10 nitrogen and oxygen atoms in total. The van der Waals surface area contributed by atoms with Gasteiger partial charge in [-0.3, -0.25) is 9.59 Å². The van der Waals surface area contributed by atoms with Crippen LogP contribution in [0.1, 0.15) is 41.0 Å². The Kier molecular flexibility index (Phi) is 9.81. The molecule has 1 heterocycles. The van der Waals surface area contributed by atoms with Crippen LogP contribution in [0.2, 0.25) is 0 Å². The molecule has 34 heavy (non-hydrogen) atoms. The number of fused-ring (bicyclic) bond motifs is 1. The average Bonchev–Trinajstić information content (AvgIpc) is 3.11. The number of rotatable bonds is 11. The normalized spacial score (nSPS) is 27.1. The molecule has 0 amide bonds. The minimum atomic E-state index is -1.67. The average molecular weight is 485 g/mol. The summed E-state index contributed by atoms with van der Waals surface area (Å²) in [5.74, 6) is -2.74. The second kappa shape index (κ2) is 11.9. The van der Waals surface area contributed by atoms with Crippen LogP contribution in [0.25, 0.3) is 0 Å². The Hall–Kier alpha value is -2.27. The maximum Gasteiger partial charge on any atom is 0.347 e. The number of hydrogen-bond donors (Lipinski definition) is 1. The monoisotopic (exact) mass is 484 g/mol. The highest BCUT2D eigenvalue weighted by molar-refractivity contribution is 5.79. The molecule has 0 aromatic carbocycles. The lowest BCUT2D eigenvalue weighted by atomic mass is 9.84. The van der Waals surface area contributed by atoms with Crippen LogP contribution in [0.3, 0.4) is 0 Å². The van der Waals surface area contributed by atoms with E-state index in [1.54, 1.807) is 19.9 Å². The SMILES string of the molecule is COC1OC(OC)C2C(=C1COC(C)=O)C=CC2(O)COC(=O)C(OC(=O)CC(C)C)C(C)C. The van der Waals surface area contributed by atoms with E-state index in [1.807, 2.05) is 13.8 Å². The molecule has 2 rings (SSSR count). The van der Waals surface area contributed by atoms with Gasteiger partial charge in [-0.25, -0.2) is 4.79 Å². The standard InChI is InChI=1S/C24H36O10/c1-13(2)10-18(26)33-20(14(3)4)21(27)32-12-24(28)9-8-16-17(11-31-15(5)25)22(29-6)34-23(30-7)19(16)24/h8-9,13-14,19-20,22-23,28H,10-12H2,1-7H3. The third-order valence-corrected chi connectivity index (χ3v) is 5.60. The summed E-state index contributed by atoms with van der Waals surface area (Å²) < 4.78 is 32.5. The fraction of sp³-hybridized carbons (Fsp3) is 0.708. The Morgan fingerprint density at radius 2 is 1.79 bits per heavy atom. The van der Waals surface area contributed by atoms with Crippen molar-refractivity contribution in [1.82, 2.24) is 0 Å². The van der Waals surface area contributed by atoms with Crippen molar-refractivity contribution >= 4 is 17.9 Å². The molecule has 5 unspecified atom stereocenters. The van der Waals surface area contributed by atoms with E-state index in [0.29, 0.717) is 11.1 Å². The number of ether oxygens (including phenoxy) is 6. The first-order valence-corrected chi connectivity index (χ1v) is 11.3. The van der Waals surface area contributed by atoms with Crippen molar-refractivity contribution in [2.45, 2.75) is 65.3 Å². The van der Waals surface area contributed by atoms with Crippen LogP contribution < -0.4 is 0 Å². The van der Waals surface area contributed by atoms with Crippen LogP contribution in [-0.4, -0.2) is 74.7 Å². The van der Waals surface area contributed by atoms with Gasteiger partial charge in [0.15, 0.2) is 12.6 Å². The molecule has 1 aliphatic carbocycles. The molecular formula is C24H36O10. The zero-order valence-electron chi connectivity index (χ0n) is 20.9. The summed E-state index contributed by atoms with van der Waals surface area (Å²) in [5, 5.41) is 11.4. The minimum Gasteiger partial charge on any atom is -0.461 e. The van der Waals surface area contributed by atoms with Gasteiger partial charge < -0.3 is 33.5 Å². The van der Waals surface area contributed by atoms with Gasteiger partial charge in [0, 0.05) is 39.1 Å². The lowest BCUT2D eigenvalue weighted by Gasteiger charge is -2.40. The van der Waals surface area contributed by atoms with Crippen molar-refractivity contribution in [3.63, 3.8) is 0 Å². The molecule has 0 saturated carbocycles. The molecule has 1 aliphatic heterocycles. The Bertz CT molecular complexity index is 815. The van der Waals surface area contributed by atoms with Crippen LogP contribution in [0, 0.1) is 17.8 Å². The number of esters is 3. The molecule has 0 fully saturated rings. The summed E-state index contributed by atoms with van der Waals surface area (Å²) in [6.07, 6.45) is 0.434. The maximum atomic E-state index is 12.8. The molecule has 2 aliphatic rings. The van der Waals surface area contributed by atoms with Crippen molar-refractivity contribution in [2.24, 2.45) is 17.8 Å². The van der Waals surface area contributed by atoms with Crippen molar-refractivity contribution in [2.75, 3.05) is 27.4 Å². The van der Waals surface area contributed by atoms with Gasteiger partial charge in [0.25, 0.3) is 0 Å². The zero-order valence-corrected chi connectivity index (χ0v) is 20.9. The minimum absolute atomic E-state index is 0.0836. The Balaban J connectivity index is 2.21. The molecular weight excluding hydrogens is 448 g/mol. The van der Waals surface area contributed by atoms with Gasteiger partial charge in [0.2, 0.25) is 6.10 Å². The van der Waals surface area contributed by atoms with Crippen LogP contribution in [-0.2, 0) is 42.8 Å².